The van der Waals surface area contributed by atoms with Gasteiger partial charge in [-0.15, -0.1) is 0 Å². The number of anilines is 1. The van der Waals surface area contributed by atoms with Gasteiger partial charge in [-0.1, -0.05) is 36.7 Å². The van der Waals surface area contributed by atoms with Gasteiger partial charge in [0.2, 0.25) is 0 Å². The fourth-order valence-corrected chi connectivity index (χ4v) is 3.13. The summed E-state index contributed by atoms with van der Waals surface area (Å²) in [6.07, 6.45) is 4.81. The van der Waals surface area contributed by atoms with Crippen LogP contribution < -0.4 is 10.6 Å². The van der Waals surface area contributed by atoms with Gasteiger partial charge in [-0.2, -0.15) is 0 Å². The van der Waals surface area contributed by atoms with E-state index < -0.39 is 0 Å². The van der Waals surface area contributed by atoms with Crippen molar-refractivity contribution in [3.8, 4) is 0 Å². The van der Waals surface area contributed by atoms with Crippen LogP contribution in [0.15, 0.2) is 18.2 Å². The molecule has 0 radical (unpaired) electrons. The first kappa shape index (κ1) is 14.6. The van der Waals surface area contributed by atoms with Gasteiger partial charge < -0.3 is 15.7 Å². The van der Waals surface area contributed by atoms with E-state index in [1.807, 2.05) is 12.1 Å². The Morgan fingerprint density at radius 1 is 1.42 bits per heavy atom. The summed E-state index contributed by atoms with van der Waals surface area (Å²) >= 11 is 11.3. The molecule has 2 rings (SSSR count). The van der Waals surface area contributed by atoms with Crippen LogP contribution in [-0.2, 0) is 0 Å². The zero-order valence-corrected chi connectivity index (χ0v) is 12.4. The van der Waals surface area contributed by atoms with E-state index in [0.29, 0.717) is 22.6 Å². The van der Waals surface area contributed by atoms with Gasteiger partial charge >= 0.3 is 0 Å². The molecule has 0 spiro atoms. The van der Waals surface area contributed by atoms with E-state index >= 15 is 0 Å². The summed E-state index contributed by atoms with van der Waals surface area (Å²) in [7, 11) is 0. The molecule has 1 aromatic rings. The smallest absolute Gasteiger partial charge is 0.104 e. The van der Waals surface area contributed by atoms with E-state index in [1.165, 1.54) is 12.8 Å². The largest absolute Gasteiger partial charge is 0.395 e. The molecule has 0 amide bonds. The fourth-order valence-electron chi connectivity index (χ4n) is 2.72. The van der Waals surface area contributed by atoms with Crippen LogP contribution in [0, 0.1) is 0 Å². The number of aliphatic hydroxyl groups excluding tert-OH is 1. The standard InChI is InChI=1S/C14H19ClN2OS/c15-12-9-10(14(16)19)5-6-13(12)17(7-8-18)11-3-1-2-4-11/h5-6,9,11,18H,1-4,7-8H2,(H2,16,19). The number of hydrogen-bond donors (Lipinski definition) is 2. The van der Waals surface area contributed by atoms with Crippen molar-refractivity contribution in [2.24, 2.45) is 5.73 Å². The van der Waals surface area contributed by atoms with E-state index in [0.717, 1.165) is 24.1 Å². The molecule has 0 heterocycles. The van der Waals surface area contributed by atoms with Crippen LogP contribution in [-0.4, -0.2) is 29.3 Å². The Morgan fingerprint density at radius 3 is 2.63 bits per heavy atom. The Kier molecular flexibility index (Phi) is 5.02. The van der Waals surface area contributed by atoms with Gasteiger partial charge in [0.15, 0.2) is 0 Å². The second-order valence-electron chi connectivity index (χ2n) is 4.89. The van der Waals surface area contributed by atoms with Crippen LogP contribution >= 0.6 is 23.8 Å². The average molecular weight is 299 g/mol. The Balaban J connectivity index is 2.28. The summed E-state index contributed by atoms with van der Waals surface area (Å²) in [5.41, 5.74) is 7.35. The molecule has 3 nitrogen and oxygen atoms in total. The lowest BCUT2D eigenvalue weighted by atomic mass is 10.1. The Labute approximate surface area is 124 Å². The number of halogens is 1. The highest BCUT2D eigenvalue weighted by atomic mass is 35.5. The molecular weight excluding hydrogens is 280 g/mol. The third-order valence-corrected chi connectivity index (χ3v) is 4.19. The minimum absolute atomic E-state index is 0.129. The first-order valence-corrected chi connectivity index (χ1v) is 7.39. The van der Waals surface area contributed by atoms with Crippen molar-refractivity contribution in [3.05, 3.63) is 28.8 Å². The number of benzene rings is 1. The molecule has 0 aliphatic heterocycles. The molecule has 5 heteroatoms. The van der Waals surface area contributed by atoms with Gasteiger partial charge in [0, 0.05) is 18.2 Å². The van der Waals surface area contributed by atoms with Crippen molar-refractivity contribution in [1.29, 1.82) is 0 Å². The normalized spacial score (nSPS) is 15.7. The number of aliphatic hydroxyl groups is 1. The molecule has 1 fully saturated rings. The van der Waals surface area contributed by atoms with Crippen LogP contribution in [0.4, 0.5) is 5.69 Å². The second-order valence-corrected chi connectivity index (χ2v) is 5.73. The van der Waals surface area contributed by atoms with Crippen molar-refractivity contribution >= 4 is 34.5 Å². The lowest BCUT2D eigenvalue weighted by Gasteiger charge is -2.31. The van der Waals surface area contributed by atoms with Crippen molar-refractivity contribution in [3.63, 3.8) is 0 Å². The Morgan fingerprint density at radius 2 is 2.11 bits per heavy atom. The monoisotopic (exact) mass is 298 g/mol. The van der Waals surface area contributed by atoms with Gasteiger partial charge in [-0.25, -0.2) is 0 Å². The second kappa shape index (κ2) is 6.55. The van der Waals surface area contributed by atoms with E-state index in [-0.39, 0.29) is 6.61 Å². The van der Waals surface area contributed by atoms with Crippen LogP contribution in [0.25, 0.3) is 0 Å². The summed E-state index contributed by atoms with van der Waals surface area (Å²) in [5.74, 6) is 0. The predicted octanol–water partition coefficient (Wildman–Crippen LogP) is 2.72. The molecule has 0 aromatic heterocycles. The molecule has 3 N–H and O–H groups in total. The van der Waals surface area contributed by atoms with Gasteiger partial charge in [-0.3, -0.25) is 0 Å². The molecule has 0 unspecified atom stereocenters. The zero-order chi connectivity index (χ0) is 13.8. The lowest BCUT2D eigenvalue weighted by molar-refractivity contribution is 0.297. The third kappa shape index (κ3) is 3.38. The van der Waals surface area contributed by atoms with Crippen LogP contribution in [0.3, 0.4) is 0 Å². The van der Waals surface area contributed by atoms with Crippen molar-refractivity contribution in [2.45, 2.75) is 31.7 Å². The lowest BCUT2D eigenvalue weighted by Crippen LogP contribution is -2.35. The van der Waals surface area contributed by atoms with E-state index in [2.05, 4.69) is 4.90 Å². The van der Waals surface area contributed by atoms with Gasteiger partial charge in [-0.05, 0) is 31.0 Å². The maximum absolute atomic E-state index is 9.27. The topological polar surface area (TPSA) is 49.5 Å². The predicted molar refractivity (Wildman–Crippen MR) is 84.0 cm³/mol. The minimum Gasteiger partial charge on any atom is -0.395 e. The SMILES string of the molecule is NC(=S)c1ccc(N(CCO)C2CCCC2)c(Cl)c1. The molecular formula is C14H19ClN2OS. The maximum atomic E-state index is 9.27. The van der Waals surface area contributed by atoms with Crippen LogP contribution in [0.5, 0.6) is 0 Å². The highest BCUT2D eigenvalue weighted by molar-refractivity contribution is 7.80. The molecule has 19 heavy (non-hydrogen) atoms. The minimum atomic E-state index is 0.129. The van der Waals surface area contributed by atoms with E-state index in [1.54, 1.807) is 6.07 Å². The number of nitrogens with two attached hydrogens (primary N) is 1. The molecule has 1 aliphatic rings. The van der Waals surface area contributed by atoms with Crippen LogP contribution in [0.2, 0.25) is 5.02 Å². The summed E-state index contributed by atoms with van der Waals surface area (Å²) < 4.78 is 0. The molecule has 0 saturated heterocycles. The quantitative estimate of drug-likeness (QED) is 0.821. The summed E-state index contributed by atoms with van der Waals surface area (Å²) in [6, 6.07) is 6.12. The van der Waals surface area contributed by atoms with Crippen LogP contribution in [0.1, 0.15) is 31.2 Å². The number of thiocarbonyl (C=S) groups is 1. The van der Waals surface area contributed by atoms with Crippen molar-refractivity contribution < 1.29 is 5.11 Å². The maximum Gasteiger partial charge on any atom is 0.104 e. The summed E-state index contributed by atoms with van der Waals surface area (Å²) in [4.78, 5) is 2.56. The molecule has 1 aromatic carbocycles. The molecule has 1 saturated carbocycles. The summed E-state index contributed by atoms with van der Waals surface area (Å²) in [5, 5.41) is 9.91. The average Bonchev–Trinajstić information content (AvgIpc) is 2.90. The fraction of sp³-hybridized carbons (Fsp3) is 0.500. The number of hydrogen-bond acceptors (Lipinski definition) is 3. The Bertz CT molecular complexity index is 461. The molecule has 104 valence electrons. The van der Waals surface area contributed by atoms with E-state index in [9.17, 15) is 5.11 Å². The third-order valence-electron chi connectivity index (χ3n) is 3.65. The first-order chi connectivity index (χ1) is 9.13. The van der Waals surface area contributed by atoms with Gasteiger partial charge in [0.1, 0.15) is 4.99 Å². The Hall–Kier alpha value is -0.840. The van der Waals surface area contributed by atoms with Crippen molar-refractivity contribution in [1.82, 2.24) is 0 Å². The van der Waals surface area contributed by atoms with Gasteiger partial charge in [0.25, 0.3) is 0 Å². The highest BCUT2D eigenvalue weighted by Gasteiger charge is 2.24. The molecule has 0 bridgehead atoms. The number of nitrogens with zero attached hydrogens (tertiary/aromatic N) is 1. The summed E-state index contributed by atoms with van der Waals surface area (Å²) in [6.45, 7) is 0.737. The number of rotatable bonds is 5. The van der Waals surface area contributed by atoms with Crippen molar-refractivity contribution in [2.75, 3.05) is 18.1 Å². The highest BCUT2D eigenvalue weighted by Crippen LogP contribution is 2.33. The molecule has 1 aliphatic carbocycles. The van der Waals surface area contributed by atoms with E-state index in [4.69, 9.17) is 29.6 Å². The van der Waals surface area contributed by atoms with Gasteiger partial charge in [0.05, 0.1) is 17.3 Å². The molecule has 0 atom stereocenters. The zero-order valence-electron chi connectivity index (χ0n) is 10.8. The first-order valence-electron chi connectivity index (χ1n) is 6.60.